The number of nitrogens with one attached hydrogen (secondary N) is 2. The van der Waals surface area contributed by atoms with Gasteiger partial charge in [-0.15, -0.1) is 10.2 Å². The van der Waals surface area contributed by atoms with Crippen molar-refractivity contribution in [3.05, 3.63) is 60.3 Å². The highest BCUT2D eigenvalue weighted by Crippen LogP contribution is 2.29. The molecule has 1 amide bonds. The van der Waals surface area contributed by atoms with Crippen LogP contribution in [0, 0.1) is 0 Å². The lowest BCUT2D eigenvalue weighted by Crippen LogP contribution is -2.14. The number of benzene rings is 2. The molecule has 0 radical (unpaired) electrons. The molecule has 0 unspecified atom stereocenters. The second-order valence-corrected chi connectivity index (χ2v) is 6.39. The van der Waals surface area contributed by atoms with E-state index in [1.807, 2.05) is 43.3 Å². The van der Waals surface area contributed by atoms with Crippen LogP contribution in [0.3, 0.4) is 0 Å². The number of rotatable bonds is 7. The number of carbonyl (C=O) groups excluding carboxylic acids is 1. The molecule has 8 nitrogen and oxygen atoms in total. The summed E-state index contributed by atoms with van der Waals surface area (Å²) < 4.78 is 10.4. The number of nitrogens with zero attached hydrogens (tertiary/aromatic N) is 3. The van der Waals surface area contributed by atoms with Crippen LogP contribution in [0.5, 0.6) is 11.5 Å². The molecule has 0 bridgehead atoms. The van der Waals surface area contributed by atoms with Crippen LogP contribution in [0.25, 0.3) is 0 Å². The Hall–Kier alpha value is -3.81. The van der Waals surface area contributed by atoms with E-state index in [-0.39, 0.29) is 11.6 Å². The van der Waals surface area contributed by atoms with Crippen molar-refractivity contribution < 1.29 is 14.3 Å². The fraction of sp³-hybridized carbons (Fsp3) is 0.190. The van der Waals surface area contributed by atoms with Gasteiger partial charge in [-0.25, -0.2) is 0 Å². The average molecular weight is 393 g/mol. The van der Waals surface area contributed by atoms with Gasteiger partial charge >= 0.3 is 0 Å². The van der Waals surface area contributed by atoms with Gasteiger partial charge in [0.05, 0.1) is 14.2 Å². The molecule has 1 aromatic heterocycles. The summed E-state index contributed by atoms with van der Waals surface area (Å²) in [6.07, 6.45) is 0. The van der Waals surface area contributed by atoms with E-state index in [4.69, 9.17) is 9.47 Å². The fourth-order valence-corrected chi connectivity index (χ4v) is 2.62. The molecule has 0 aliphatic rings. The Balaban J connectivity index is 1.65. The van der Waals surface area contributed by atoms with Gasteiger partial charge in [0, 0.05) is 37.2 Å². The summed E-state index contributed by atoms with van der Waals surface area (Å²) in [7, 11) is 7.06. The minimum absolute atomic E-state index is 0.202. The van der Waals surface area contributed by atoms with E-state index in [9.17, 15) is 4.79 Å². The van der Waals surface area contributed by atoms with Crippen molar-refractivity contribution in [2.24, 2.45) is 0 Å². The van der Waals surface area contributed by atoms with E-state index in [1.54, 1.807) is 37.4 Å². The predicted octanol–water partition coefficient (Wildman–Crippen LogP) is 3.56. The van der Waals surface area contributed by atoms with Gasteiger partial charge < -0.3 is 25.0 Å². The molecule has 3 rings (SSSR count). The molecule has 2 N–H and O–H groups in total. The number of ether oxygens (including phenoxy) is 2. The third kappa shape index (κ3) is 4.92. The van der Waals surface area contributed by atoms with Crippen molar-refractivity contribution in [2.45, 2.75) is 0 Å². The molecule has 0 spiro atoms. The van der Waals surface area contributed by atoms with Crippen molar-refractivity contribution in [2.75, 3.05) is 43.8 Å². The Bertz CT molecular complexity index is 973. The largest absolute Gasteiger partial charge is 0.493 e. The lowest BCUT2D eigenvalue weighted by Gasteiger charge is -2.13. The first-order valence-electron chi connectivity index (χ1n) is 8.91. The number of hydrogen-bond donors (Lipinski definition) is 2. The van der Waals surface area contributed by atoms with Crippen LogP contribution >= 0.6 is 0 Å². The standard InChI is InChI=1S/C21H23N5O3/c1-26(2)16-8-5-14(6-9-16)22-20-12-10-17(24-25-20)21(27)23-15-7-11-18(28-3)19(13-15)29-4/h5-13H,1-4H3,(H,22,25)(H,23,27). The van der Waals surface area contributed by atoms with E-state index in [2.05, 4.69) is 20.8 Å². The van der Waals surface area contributed by atoms with Gasteiger partial charge in [-0.3, -0.25) is 4.79 Å². The molecule has 0 saturated carbocycles. The summed E-state index contributed by atoms with van der Waals surface area (Å²) in [6, 6.07) is 16.3. The lowest BCUT2D eigenvalue weighted by molar-refractivity contribution is 0.102. The van der Waals surface area contributed by atoms with Gasteiger partial charge in [0.25, 0.3) is 5.91 Å². The summed E-state index contributed by atoms with van der Waals surface area (Å²) in [5, 5.41) is 14.0. The number of methoxy groups -OCH3 is 2. The summed E-state index contributed by atoms with van der Waals surface area (Å²) in [5.74, 6) is 1.28. The monoisotopic (exact) mass is 393 g/mol. The van der Waals surface area contributed by atoms with Crippen molar-refractivity contribution in [1.82, 2.24) is 10.2 Å². The zero-order chi connectivity index (χ0) is 20.8. The quantitative estimate of drug-likeness (QED) is 0.634. The fourth-order valence-electron chi connectivity index (χ4n) is 2.62. The maximum Gasteiger partial charge on any atom is 0.276 e. The Morgan fingerprint density at radius 2 is 1.55 bits per heavy atom. The SMILES string of the molecule is COc1ccc(NC(=O)c2ccc(Nc3ccc(N(C)C)cc3)nn2)cc1OC. The van der Waals surface area contributed by atoms with Crippen molar-refractivity contribution >= 4 is 28.8 Å². The molecular formula is C21H23N5O3. The van der Waals surface area contributed by atoms with E-state index in [1.165, 1.54) is 7.11 Å². The molecule has 8 heteroatoms. The molecule has 1 heterocycles. The molecular weight excluding hydrogens is 370 g/mol. The minimum atomic E-state index is -0.369. The molecule has 0 atom stereocenters. The zero-order valence-electron chi connectivity index (χ0n) is 16.8. The van der Waals surface area contributed by atoms with Crippen LogP contribution in [0.1, 0.15) is 10.5 Å². The number of hydrogen-bond acceptors (Lipinski definition) is 7. The predicted molar refractivity (Wildman–Crippen MR) is 114 cm³/mol. The normalized spacial score (nSPS) is 10.2. The third-order valence-corrected chi connectivity index (χ3v) is 4.19. The number of amides is 1. The molecule has 0 saturated heterocycles. The van der Waals surface area contributed by atoms with Crippen molar-refractivity contribution in [1.29, 1.82) is 0 Å². The van der Waals surface area contributed by atoms with Crippen LogP contribution < -0.4 is 25.0 Å². The van der Waals surface area contributed by atoms with E-state index >= 15 is 0 Å². The lowest BCUT2D eigenvalue weighted by atomic mass is 10.2. The molecule has 0 aliphatic heterocycles. The summed E-state index contributed by atoms with van der Waals surface area (Å²) in [4.78, 5) is 14.5. The zero-order valence-corrected chi connectivity index (χ0v) is 16.8. The molecule has 3 aromatic rings. The van der Waals surface area contributed by atoms with Crippen molar-refractivity contribution in [3.8, 4) is 11.5 Å². The Kier molecular flexibility index (Phi) is 6.13. The van der Waals surface area contributed by atoms with Gasteiger partial charge in [-0.05, 0) is 48.5 Å². The molecule has 0 fully saturated rings. The smallest absolute Gasteiger partial charge is 0.276 e. The number of aromatic nitrogens is 2. The van der Waals surface area contributed by atoms with Crippen LogP contribution in [-0.4, -0.2) is 44.4 Å². The highest BCUT2D eigenvalue weighted by molar-refractivity contribution is 6.03. The van der Waals surface area contributed by atoms with Crippen LogP contribution in [0.15, 0.2) is 54.6 Å². The second kappa shape index (κ2) is 8.92. The first kappa shape index (κ1) is 19.9. The topological polar surface area (TPSA) is 88.6 Å². The summed E-state index contributed by atoms with van der Waals surface area (Å²) >= 11 is 0. The molecule has 0 aliphatic carbocycles. The first-order valence-corrected chi connectivity index (χ1v) is 8.91. The summed E-state index contributed by atoms with van der Waals surface area (Å²) in [5.41, 5.74) is 2.75. The molecule has 29 heavy (non-hydrogen) atoms. The summed E-state index contributed by atoms with van der Waals surface area (Å²) in [6.45, 7) is 0. The minimum Gasteiger partial charge on any atom is -0.493 e. The molecule has 2 aromatic carbocycles. The van der Waals surface area contributed by atoms with E-state index in [0.717, 1.165) is 11.4 Å². The number of carbonyl (C=O) groups is 1. The maximum atomic E-state index is 12.4. The van der Waals surface area contributed by atoms with Crippen LogP contribution in [0.2, 0.25) is 0 Å². The third-order valence-electron chi connectivity index (χ3n) is 4.19. The van der Waals surface area contributed by atoms with E-state index < -0.39 is 0 Å². The second-order valence-electron chi connectivity index (χ2n) is 6.39. The van der Waals surface area contributed by atoms with Gasteiger partial charge in [-0.1, -0.05) is 0 Å². The van der Waals surface area contributed by atoms with Gasteiger partial charge in [0.15, 0.2) is 23.0 Å². The average Bonchev–Trinajstić information content (AvgIpc) is 2.74. The van der Waals surface area contributed by atoms with Gasteiger partial charge in [-0.2, -0.15) is 0 Å². The number of anilines is 4. The highest BCUT2D eigenvalue weighted by atomic mass is 16.5. The van der Waals surface area contributed by atoms with Crippen LogP contribution in [-0.2, 0) is 0 Å². The highest BCUT2D eigenvalue weighted by Gasteiger charge is 2.11. The Morgan fingerprint density at radius 1 is 0.862 bits per heavy atom. The van der Waals surface area contributed by atoms with Gasteiger partial charge in [0.2, 0.25) is 0 Å². The van der Waals surface area contributed by atoms with Gasteiger partial charge in [0.1, 0.15) is 0 Å². The Labute approximate surface area is 169 Å². The van der Waals surface area contributed by atoms with Crippen LogP contribution in [0.4, 0.5) is 22.9 Å². The van der Waals surface area contributed by atoms with Crippen molar-refractivity contribution in [3.63, 3.8) is 0 Å². The van der Waals surface area contributed by atoms with E-state index in [0.29, 0.717) is 23.0 Å². The Morgan fingerprint density at radius 3 is 2.14 bits per heavy atom. The molecule has 150 valence electrons. The maximum absolute atomic E-state index is 12.4. The first-order chi connectivity index (χ1) is 14.0.